The number of hydrogen-bond acceptors (Lipinski definition) is 3. The van der Waals surface area contributed by atoms with Gasteiger partial charge < -0.3 is 0 Å². The molecule has 0 spiro atoms. The molecular formula is C29H27N4O3+. The highest BCUT2D eigenvalue weighted by Gasteiger charge is 2.48. The third kappa shape index (κ3) is 3.79. The molecule has 7 nitrogen and oxygen atoms in total. The first-order chi connectivity index (χ1) is 17.4. The second-order valence-corrected chi connectivity index (χ2v) is 9.00. The number of rotatable bonds is 6. The predicted molar refractivity (Wildman–Crippen MR) is 139 cm³/mol. The van der Waals surface area contributed by atoms with Gasteiger partial charge in [0.25, 0.3) is 17.2 Å². The number of benzene rings is 2. The molecule has 0 aliphatic carbocycles. The van der Waals surface area contributed by atoms with E-state index in [2.05, 4.69) is 5.10 Å². The highest BCUT2D eigenvalue weighted by atomic mass is 16.2. The highest BCUT2D eigenvalue weighted by molar-refractivity contribution is 6.53. The Labute approximate surface area is 208 Å². The lowest BCUT2D eigenvalue weighted by molar-refractivity contribution is -0.576. The van der Waals surface area contributed by atoms with Crippen molar-refractivity contribution < 1.29 is 14.2 Å². The van der Waals surface area contributed by atoms with Crippen molar-refractivity contribution in [1.82, 2.24) is 9.78 Å². The number of anilines is 1. The van der Waals surface area contributed by atoms with Crippen LogP contribution >= 0.6 is 0 Å². The summed E-state index contributed by atoms with van der Waals surface area (Å²) in [6.45, 7) is 5.94. The van der Waals surface area contributed by atoms with Gasteiger partial charge in [-0.3, -0.25) is 19.5 Å². The minimum Gasteiger partial charge on any atom is -0.294 e. The van der Waals surface area contributed by atoms with Crippen molar-refractivity contribution in [1.29, 1.82) is 0 Å². The first kappa shape index (κ1) is 23.2. The van der Waals surface area contributed by atoms with E-state index >= 15 is 0 Å². The molecule has 0 saturated carbocycles. The fourth-order valence-corrected chi connectivity index (χ4v) is 4.51. The summed E-state index contributed by atoms with van der Waals surface area (Å²) in [5, 5.41) is 3.20. The topological polar surface area (TPSA) is 79.1 Å². The number of nitrogens with one attached hydrogen (secondary N) is 1. The van der Waals surface area contributed by atoms with Crippen LogP contribution in [0.3, 0.4) is 0 Å². The zero-order chi connectivity index (χ0) is 25.4. The zero-order valence-corrected chi connectivity index (χ0v) is 20.4. The van der Waals surface area contributed by atoms with Gasteiger partial charge in [-0.25, -0.2) is 9.58 Å². The average molecular weight is 480 g/mol. The Morgan fingerprint density at radius 1 is 0.806 bits per heavy atom. The molecule has 4 aromatic rings. The molecule has 1 N–H and O–H groups in total. The minimum absolute atomic E-state index is 0.0951. The lowest BCUT2D eigenvalue weighted by atomic mass is 9.98. The lowest BCUT2D eigenvalue weighted by Gasteiger charge is -2.13. The van der Waals surface area contributed by atoms with Gasteiger partial charge in [-0.2, -0.15) is 4.57 Å². The number of aromatic amines is 1. The molecule has 2 aromatic heterocycles. The van der Waals surface area contributed by atoms with Crippen molar-refractivity contribution in [3.8, 4) is 5.69 Å². The van der Waals surface area contributed by atoms with Crippen LogP contribution in [0, 0.1) is 0 Å². The number of pyridine rings is 1. The molecule has 2 amide bonds. The lowest BCUT2D eigenvalue weighted by Crippen LogP contribution is -2.39. The Hall–Kier alpha value is -4.52. The van der Waals surface area contributed by atoms with Crippen molar-refractivity contribution in [2.24, 2.45) is 0 Å². The van der Waals surface area contributed by atoms with Crippen LogP contribution in [0.15, 0.2) is 90.0 Å². The van der Waals surface area contributed by atoms with Crippen molar-refractivity contribution in [2.45, 2.75) is 33.1 Å². The highest BCUT2D eigenvalue weighted by Crippen LogP contribution is 2.34. The van der Waals surface area contributed by atoms with Crippen LogP contribution in [0.2, 0.25) is 0 Å². The van der Waals surface area contributed by atoms with Crippen LogP contribution in [-0.4, -0.2) is 21.6 Å². The van der Waals surface area contributed by atoms with Crippen molar-refractivity contribution in [3.63, 3.8) is 0 Å². The Bertz CT molecular complexity index is 1530. The fourth-order valence-electron chi connectivity index (χ4n) is 4.51. The van der Waals surface area contributed by atoms with Gasteiger partial charge in [0.1, 0.15) is 5.57 Å². The van der Waals surface area contributed by atoms with Gasteiger partial charge in [0.05, 0.1) is 16.9 Å². The quantitative estimate of drug-likeness (QED) is 0.334. The Morgan fingerprint density at radius 3 is 1.94 bits per heavy atom. The average Bonchev–Trinajstić information content (AvgIpc) is 3.37. The summed E-state index contributed by atoms with van der Waals surface area (Å²) in [5.74, 6) is -1.10. The minimum atomic E-state index is -0.522. The largest absolute Gasteiger partial charge is 0.331 e. The molecule has 0 fully saturated rings. The summed E-state index contributed by atoms with van der Waals surface area (Å²) in [4.78, 5) is 42.8. The summed E-state index contributed by atoms with van der Waals surface area (Å²) in [6.07, 6.45) is 4.38. The number of aryl methyl sites for hydroxylation is 1. The number of aromatic nitrogens is 3. The number of H-pyrrole nitrogens is 1. The third-order valence-corrected chi connectivity index (χ3v) is 6.40. The van der Waals surface area contributed by atoms with Crippen molar-refractivity contribution in [3.05, 3.63) is 112 Å². The van der Waals surface area contributed by atoms with Gasteiger partial charge in [-0.05, 0) is 42.2 Å². The van der Waals surface area contributed by atoms with Crippen LogP contribution in [0.25, 0.3) is 17.0 Å². The standard InChI is InChI=1S/C29H26N4O3/c1-4-20-15-17-31(18-16-20)26-24(27(34)32(29(26)36)21-11-7-5-8-12-21)23-25(19(2)3)30-33(28(23)35)22-13-9-6-10-14-22/h5-19H,4H2,1-3H3/p+1. The smallest absolute Gasteiger partial charge is 0.294 e. The van der Waals surface area contributed by atoms with E-state index in [1.807, 2.05) is 69.3 Å². The predicted octanol–water partition coefficient (Wildman–Crippen LogP) is 4.08. The maximum atomic E-state index is 14.0. The molecule has 2 aromatic carbocycles. The van der Waals surface area contributed by atoms with Gasteiger partial charge in [0, 0.05) is 17.8 Å². The van der Waals surface area contributed by atoms with E-state index in [1.165, 1.54) is 4.68 Å². The molecule has 36 heavy (non-hydrogen) atoms. The van der Waals surface area contributed by atoms with Gasteiger partial charge in [0.2, 0.25) is 0 Å². The summed E-state index contributed by atoms with van der Waals surface area (Å²) in [5.41, 5.74) is 2.89. The third-order valence-electron chi connectivity index (χ3n) is 6.40. The Balaban J connectivity index is 1.80. The van der Waals surface area contributed by atoms with Gasteiger partial charge in [-0.15, -0.1) is 0 Å². The number of carbonyl (C=O) groups excluding carboxylic acids is 2. The van der Waals surface area contributed by atoms with Crippen LogP contribution in [-0.2, 0) is 16.0 Å². The monoisotopic (exact) mass is 479 g/mol. The molecule has 5 rings (SSSR count). The van der Waals surface area contributed by atoms with Crippen LogP contribution in [0.1, 0.15) is 43.5 Å². The Morgan fingerprint density at radius 2 is 1.39 bits per heavy atom. The Kier molecular flexibility index (Phi) is 5.98. The molecule has 180 valence electrons. The molecule has 1 aliphatic rings. The van der Waals surface area contributed by atoms with Gasteiger partial charge in [0.15, 0.2) is 12.4 Å². The maximum Gasteiger partial charge on any atom is 0.331 e. The number of imide groups is 1. The molecule has 0 radical (unpaired) electrons. The zero-order valence-electron chi connectivity index (χ0n) is 20.4. The van der Waals surface area contributed by atoms with Gasteiger partial charge >= 0.3 is 5.91 Å². The first-order valence-electron chi connectivity index (χ1n) is 12.0. The molecule has 7 heteroatoms. The van der Waals surface area contributed by atoms with Crippen molar-refractivity contribution in [2.75, 3.05) is 4.90 Å². The van der Waals surface area contributed by atoms with Crippen LogP contribution in [0.4, 0.5) is 5.69 Å². The number of nitrogens with zero attached hydrogens (tertiary/aromatic N) is 3. The van der Waals surface area contributed by atoms with E-state index in [-0.39, 0.29) is 28.3 Å². The summed E-state index contributed by atoms with van der Waals surface area (Å²) in [7, 11) is 0. The molecule has 1 aliphatic heterocycles. The van der Waals surface area contributed by atoms with E-state index in [9.17, 15) is 14.4 Å². The molecule has 0 atom stereocenters. The molecular weight excluding hydrogens is 452 g/mol. The summed E-state index contributed by atoms with van der Waals surface area (Å²) < 4.78 is 3.07. The van der Waals surface area contributed by atoms with E-state index in [0.717, 1.165) is 16.9 Å². The SMILES string of the molecule is CCc1cc[n+](C2=C(c3c(C(C)C)[nH]n(-c4ccccc4)c3=O)C(=O)N(c3ccccc3)C2=O)cc1. The first-order valence-corrected chi connectivity index (χ1v) is 12.0. The maximum absolute atomic E-state index is 14.0. The molecule has 0 bridgehead atoms. The number of carbonyl (C=O) groups is 2. The van der Waals surface area contributed by atoms with E-state index < -0.39 is 11.8 Å². The fraction of sp³-hybridized carbons (Fsp3) is 0.172. The van der Waals surface area contributed by atoms with E-state index in [0.29, 0.717) is 17.1 Å². The molecule has 3 heterocycles. The number of amides is 2. The normalized spacial score (nSPS) is 13.8. The van der Waals surface area contributed by atoms with Crippen LogP contribution in [0.5, 0.6) is 0 Å². The number of para-hydroxylation sites is 2. The summed E-state index contributed by atoms with van der Waals surface area (Å²) in [6, 6.07) is 21.8. The molecule has 0 unspecified atom stereocenters. The second-order valence-electron chi connectivity index (χ2n) is 9.00. The van der Waals surface area contributed by atoms with Crippen molar-refractivity contribution >= 4 is 28.8 Å². The van der Waals surface area contributed by atoms with E-state index in [1.54, 1.807) is 41.2 Å². The van der Waals surface area contributed by atoms with Crippen LogP contribution < -0.4 is 15.0 Å². The van der Waals surface area contributed by atoms with E-state index in [4.69, 9.17) is 0 Å². The second kappa shape index (κ2) is 9.26. The summed E-state index contributed by atoms with van der Waals surface area (Å²) >= 11 is 0. The number of hydrogen-bond donors (Lipinski definition) is 1. The molecule has 0 saturated heterocycles. The van der Waals surface area contributed by atoms with Gasteiger partial charge in [-0.1, -0.05) is 57.2 Å².